The molecule has 0 fully saturated rings. The van der Waals surface area contributed by atoms with Crippen LogP contribution in [0.3, 0.4) is 0 Å². The maximum absolute atomic E-state index is 12.2. The van der Waals surface area contributed by atoms with E-state index in [1.807, 2.05) is 0 Å². The highest BCUT2D eigenvalue weighted by molar-refractivity contribution is 6.03. The summed E-state index contributed by atoms with van der Waals surface area (Å²) in [6.45, 7) is 0. The predicted octanol–water partition coefficient (Wildman–Crippen LogP) is 2.70. The van der Waals surface area contributed by atoms with Crippen molar-refractivity contribution < 1.29 is 19.1 Å². The normalized spacial score (nSPS) is 10.0. The van der Waals surface area contributed by atoms with Gasteiger partial charge in [0.1, 0.15) is 5.75 Å². The number of nitrogens with one attached hydrogen (secondary N) is 1. The third-order valence-electron chi connectivity index (χ3n) is 3.27. The van der Waals surface area contributed by atoms with Gasteiger partial charge >= 0.3 is 5.97 Å². The van der Waals surface area contributed by atoms with Crippen LogP contribution in [0.25, 0.3) is 0 Å². The summed E-state index contributed by atoms with van der Waals surface area (Å²) in [5.41, 5.74) is 1.21. The molecule has 0 spiro atoms. The van der Waals surface area contributed by atoms with Crippen LogP contribution >= 0.6 is 0 Å². The fourth-order valence-electron chi connectivity index (χ4n) is 2.04. The lowest BCUT2D eigenvalue weighted by Crippen LogP contribution is -2.12. The lowest BCUT2D eigenvalue weighted by atomic mass is 10.2. The topological polar surface area (TPSA) is 103 Å². The fourth-order valence-corrected chi connectivity index (χ4v) is 2.04. The highest BCUT2D eigenvalue weighted by Crippen LogP contribution is 2.20. The number of hydrogen-bond donors (Lipinski definition) is 1. The molecule has 1 amide bonds. The Balaban J connectivity index is 1.68. The smallest absolute Gasteiger partial charge is 0.339 e. The monoisotopic (exact) mass is 350 g/mol. The maximum Gasteiger partial charge on any atom is 0.339 e. The van der Waals surface area contributed by atoms with Crippen LogP contribution in [0.2, 0.25) is 0 Å². The molecule has 130 valence electrons. The number of pyridine rings is 3. The second kappa shape index (κ2) is 7.84. The molecule has 8 heteroatoms. The van der Waals surface area contributed by atoms with Crippen molar-refractivity contribution in [3.8, 4) is 11.6 Å². The number of aromatic nitrogens is 3. The zero-order valence-corrected chi connectivity index (χ0v) is 13.7. The van der Waals surface area contributed by atoms with Crippen molar-refractivity contribution in [2.75, 3.05) is 12.4 Å². The molecule has 26 heavy (non-hydrogen) atoms. The molecule has 0 aromatic carbocycles. The first-order chi connectivity index (χ1) is 12.7. The van der Waals surface area contributed by atoms with Crippen LogP contribution in [0.5, 0.6) is 11.6 Å². The molecule has 0 atom stereocenters. The van der Waals surface area contributed by atoms with Crippen molar-refractivity contribution in [3.05, 3.63) is 72.4 Å². The van der Waals surface area contributed by atoms with Crippen molar-refractivity contribution >= 4 is 17.6 Å². The summed E-state index contributed by atoms with van der Waals surface area (Å²) in [6.07, 6.45) is 7.37. The number of hydrogen-bond acceptors (Lipinski definition) is 7. The molecule has 0 aliphatic heterocycles. The third kappa shape index (κ3) is 4.18. The van der Waals surface area contributed by atoms with Crippen LogP contribution in [0.1, 0.15) is 20.7 Å². The molecule has 3 heterocycles. The maximum atomic E-state index is 12.2. The summed E-state index contributed by atoms with van der Waals surface area (Å²) in [6, 6.07) is 8.07. The number of carbonyl (C=O) groups is 2. The Morgan fingerprint density at radius 2 is 1.88 bits per heavy atom. The van der Waals surface area contributed by atoms with Gasteiger partial charge in [0.05, 0.1) is 36.3 Å². The fraction of sp³-hybridized carbons (Fsp3) is 0.0556. The van der Waals surface area contributed by atoms with Crippen LogP contribution in [-0.2, 0) is 4.74 Å². The number of rotatable bonds is 5. The van der Waals surface area contributed by atoms with E-state index in [0.29, 0.717) is 17.0 Å². The molecule has 1 N–H and O–H groups in total. The Morgan fingerprint density at radius 1 is 1.00 bits per heavy atom. The molecule has 3 aromatic rings. The van der Waals surface area contributed by atoms with E-state index >= 15 is 0 Å². The first-order valence-corrected chi connectivity index (χ1v) is 7.54. The summed E-state index contributed by atoms with van der Waals surface area (Å²) in [7, 11) is 1.28. The average Bonchev–Trinajstić information content (AvgIpc) is 2.69. The number of ether oxygens (including phenoxy) is 2. The SMILES string of the molecule is COC(=O)c1cncc(Oc2ccc(C(=O)Nc3cccnc3)cn2)c1. The summed E-state index contributed by atoms with van der Waals surface area (Å²) in [4.78, 5) is 35.6. The van der Waals surface area contributed by atoms with Crippen molar-refractivity contribution in [2.24, 2.45) is 0 Å². The first kappa shape index (κ1) is 17.0. The van der Waals surface area contributed by atoms with Gasteiger partial charge in [-0.2, -0.15) is 0 Å². The average molecular weight is 350 g/mol. The Labute approximate surface area is 148 Å². The second-order valence-electron chi connectivity index (χ2n) is 5.08. The number of esters is 1. The van der Waals surface area contributed by atoms with Gasteiger partial charge in [-0.3, -0.25) is 14.8 Å². The Bertz CT molecular complexity index is 914. The van der Waals surface area contributed by atoms with Crippen LogP contribution in [0.15, 0.2) is 61.3 Å². The van der Waals surface area contributed by atoms with E-state index in [1.54, 1.807) is 36.7 Å². The van der Waals surface area contributed by atoms with Gasteiger partial charge in [0, 0.05) is 24.7 Å². The zero-order valence-electron chi connectivity index (χ0n) is 13.7. The minimum absolute atomic E-state index is 0.256. The van der Waals surface area contributed by atoms with E-state index < -0.39 is 5.97 Å². The van der Waals surface area contributed by atoms with Gasteiger partial charge in [0.2, 0.25) is 5.88 Å². The standard InChI is InChI=1S/C18H14N4O4/c1-25-18(24)13-7-15(11-20-8-13)26-16-5-4-12(9-21-16)17(23)22-14-3-2-6-19-10-14/h2-11H,1H3,(H,22,23). The Morgan fingerprint density at radius 3 is 2.58 bits per heavy atom. The van der Waals surface area contributed by atoms with Crippen LogP contribution in [-0.4, -0.2) is 33.9 Å². The van der Waals surface area contributed by atoms with E-state index in [-0.39, 0.29) is 17.4 Å². The lowest BCUT2D eigenvalue weighted by molar-refractivity contribution is 0.0599. The van der Waals surface area contributed by atoms with Crippen molar-refractivity contribution in [2.45, 2.75) is 0 Å². The van der Waals surface area contributed by atoms with Crippen molar-refractivity contribution in [1.82, 2.24) is 15.0 Å². The number of amides is 1. The summed E-state index contributed by atoms with van der Waals surface area (Å²) in [5.74, 6) is -0.246. The van der Waals surface area contributed by atoms with Gasteiger partial charge in [-0.05, 0) is 24.3 Å². The van der Waals surface area contributed by atoms with E-state index in [1.165, 1.54) is 31.8 Å². The molecule has 0 saturated heterocycles. The summed E-state index contributed by atoms with van der Waals surface area (Å²) >= 11 is 0. The predicted molar refractivity (Wildman–Crippen MR) is 92.1 cm³/mol. The number of nitrogens with zero attached hydrogens (tertiary/aromatic N) is 3. The van der Waals surface area contributed by atoms with Crippen molar-refractivity contribution in [3.63, 3.8) is 0 Å². The number of anilines is 1. The van der Waals surface area contributed by atoms with Crippen LogP contribution < -0.4 is 10.1 Å². The van der Waals surface area contributed by atoms with Crippen LogP contribution in [0, 0.1) is 0 Å². The minimum atomic E-state index is -0.515. The van der Waals surface area contributed by atoms with E-state index in [9.17, 15) is 9.59 Å². The number of methoxy groups -OCH3 is 1. The van der Waals surface area contributed by atoms with E-state index in [2.05, 4.69) is 25.0 Å². The number of carbonyl (C=O) groups excluding carboxylic acids is 2. The van der Waals surface area contributed by atoms with Gasteiger partial charge in [0.15, 0.2) is 0 Å². The summed E-state index contributed by atoms with van der Waals surface area (Å²) < 4.78 is 10.2. The summed E-state index contributed by atoms with van der Waals surface area (Å²) in [5, 5.41) is 2.71. The van der Waals surface area contributed by atoms with Gasteiger partial charge in [0.25, 0.3) is 5.91 Å². The Hall–Kier alpha value is -3.81. The van der Waals surface area contributed by atoms with E-state index in [4.69, 9.17) is 4.74 Å². The largest absolute Gasteiger partial charge is 0.465 e. The van der Waals surface area contributed by atoms with E-state index in [0.717, 1.165) is 0 Å². The Kier molecular flexibility index (Phi) is 5.14. The third-order valence-corrected chi connectivity index (χ3v) is 3.27. The lowest BCUT2D eigenvalue weighted by Gasteiger charge is -2.07. The van der Waals surface area contributed by atoms with Gasteiger partial charge in [-0.1, -0.05) is 0 Å². The molecule has 0 unspecified atom stereocenters. The van der Waals surface area contributed by atoms with Crippen molar-refractivity contribution in [1.29, 1.82) is 0 Å². The molecule has 3 aromatic heterocycles. The molecule has 0 radical (unpaired) electrons. The highest BCUT2D eigenvalue weighted by atomic mass is 16.5. The molecule has 0 aliphatic carbocycles. The minimum Gasteiger partial charge on any atom is -0.465 e. The molecule has 8 nitrogen and oxygen atoms in total. The molecular formula is C18H14N4O4. The molecule has 0 saturated carbocycles. The highest BCUT2D eigenvalue weighted by Gasteiger charge is 2.10. The zero-order chi connectivity index (χ0) is 18.4. The van der Waals surface area contributed by atoms with Gasteiger partial charge in [-0.15, -0.1) is 0 Å². The molecule has 0 bridgehead atoms. The molecule has 3 rings (SSSR count). The first-order valence-electron chi connectivity index (χ1n) is 7.54. The van der Waals surface area contributed by atoms with Gasteiger partial charge < -0.3 is 14.8 Å². The molecular weight excluding hydrogens is 336 g/mol. The quantitative estimate of drug-likeness (QED) is 0.706. The van der Waals surface area contributed by atoms with Gasteiger partial charge in [-0.25, -0.2) is 9.78 Å². The van der Waals surface area contributed by atoms with Crippen LogP contribution in [0.4, 0.5) is 5.69 Å². The second-order valence-corrected chi connectivity index (χ2v) is 5.08. The molecule has 0 aliphatic rings.